The number of hydrogen-bond acceptors (Lipinski definition) is 2. The maximum atomic E-state index is 5.25. The van der Waals surface area contributed by atoms with Crippen LogP contribution in [0.15, 0.2) is 121 Å². The van der Waals surface area contributed by atoms with Crippen LogP contribution in [0.5, 0.6) is 0 Å². The minimum Gasteiger partial charge on any atom is -0.309 e. The molecule has 0 bridgehead atoms. The zero-order chi connectivity index (χ0) is 25.2. The maximum Gasteiger partial charge on any atom is 0.0979 e. The number of fused-ring (bicyclic) bond motifs is 9. The van der Waals surface area contributed by atoms with Crippen molar-refractivity contribution >= 4 is 54.4 Å². The number of rotatable bonds is 2. The summed E-state index contributed by atoms with van der Waals surface area (Å²) < 4.78 is 2.34. The van der Waals surface area contributed by atoms with Gasteiger partial charge in [-0.15, -0.1) is 0 Å². The molecule has 0 unspecified atom stereocenters. The Kier molecular flexibility index (Phi) is 4.44. The van der Waals surface area contributed by atoms with E-state index in [4.69, 9.17) is 9.97 Å². The van der Waals surface area contributed by atoms with Gasteiger partial charge in [0.25, 0.3) is 0 Å². The predicted octanol–water partition coefficient (Wildman–Crippen LogP) is 9.01. The number of para-hydroxylation sites is 2. The molecule has 8 rings (SSSR count). The minimum atomic E-state index is 0.923. The molecule has 0 radical (unpaired) electrons. The van der Waals surface area contributed by atoms with E-state index < -0.39 is 0 Å². The molecule has 0 aliphatic heterocycles. The minimum absolute atomic E-state index is 0.923. The van der Waals surface area contributed by atoms with Crippen LogP contribution >= 0.6 is 0 Å². The van der Waals surface area contributed by atoms with Gasteiger partial charge in [-0.05, 0) is 42.0 Å². The Morgan fingerprint density at radius 2 is 0.895 bits per heavy atom. The lowest BCUT2D eigenvalue weighted by molar-refractivity contribution is 1.17. The molecule has 0 atom stereocenters. The predicted molar refractivity (Wildman–Crippen MR) is 159 cm³/mol. The van der Waals surface area contributed by atoms with Crippen LogP contribution in [0.4, 0.5) is 0 Å². The number of aromatic nitrogens is 3. The Morgan fingerprint density at radius 1 is 0.447 bits per heavy atom. The second-order valence-corrected chi connectivity index (χ2v) is 9.86. The first kappa shape index (κ1) is 21.1. The number of aryl methyl sites for hydroxylation is 1. The molecule has 0 amide bonds. The quantitative estimate of drug-likeness (QED) is 0.229. The van der Waals surface area contributed by atoms with Crippen molar-refractivity contribution in [2.24, 2.45) is 0 Å². The zero-order valence-corrected chi connectivity index (χ0v) is 20.9. The van der Waals surface area contributed by atoms with Gasteiger partial charge in [-0.25, -0.2) is 9.97 Å². The summed E-state index contributed by atoms with van der Waals surface area (Å²) >= 11 is 0. The van der Waals surface area contributed by atoms with Crippen LogP contribution in [0.25, 0.3) is 71.3 Å². The molecule has 3 heteroatoms. The Morgan fingerprint density at radius 3 is 1.45 bits per heavy atom. The summed E-state index contributed by atoms with van der Waals surface area (Å²) in [7, 11) is 0. The molecule has 0 saturated carbocycles. The van der Waals surface area contributed by atoms with E-state index in [0.29, 0.717) is 0 Å². The summed E-state index contributed by atoms with van der Waals surface area (Å²) in [6.45, 7) is 2.06. The topological polar surface area (TPSA) is 30.7 Å². The van der Waals surface area contributed by atoms with E-state index in [0.717, 1.165) is 44.4 Å². The van der Waals surface area contributed by atoms with Crippen LogP contribution in [0, 0.1) is 6.92 Å². The highest BCUT2D eigenvalue weighted by Gasteiger charge is 2.15. The number of nitrogens with zero attached hydrogens (tertiary/aromatic N) is 3. The van der Waals surface area contributed by atoms with Crippen molar-refractivity contribution in [2.75, 3.05) is 0 Å². The van der Waals surface area contributed by atoms with Gasteiger partial charge in [-0.1, -0.05) is 97.1 Å². The normalized spacial score (nSPS) is 11.8. The summed E-state index contributed by atoms with van der Waals surface area (Å²) in [6, 6.07) is 42.9. The Bertz CT molecular complexity index is 2130. The molecule has 0 saturated heterocycles. The van der Waals surface area contributed by atoms with Crippen molar-refractivity contribution in [1.82, 2.24) is 14.5 Å². The first-order valence-electron chi connectivity index (χ1n) is 12.9. The highest BCUT2D eigenvalue weighted by Crippen LogP contribution is 2.36. The molecule has 0 fully saturated rings. The summed E-state index contributed by atoms with van der Waals surface area (Å²) in [6.07, 6.45) is 0. The standard InChI is InChI=1S/C35H23N3/c1-22-33(37-35-30-15-5-3-11-26(30)25-10-2-4-14-29(25)34(35)36-22)23-18-20-24(21-19-23)38-31-16-8-6-12-27(31)28-13-7-9-17-32(28)38/h2-21H,1H3. The van der Waals surface area contributed by atoms with Crippen molar-refractivity contribution < 1.29 is 0 Å². The zero-order valence-electron chi connectivity index (χ0n) is 20.9. The second kappa shape index (κ2) is 7.99. The van der Waals surface area contributed by atoms with Crippen LogP contribution in [0.1, 0.15) is 5.69 Å². The van der Waals surface area contributed by atoms with Crippen molar-refractivity contribution in [3.8, 4) is 16.9 Å². The monoisotopic (exact) mass is 485 g/mol. The average Bonchev–Trinajstić information content (AvgIpc) is 3.32. The highest BCUT2D eigenvalue weighted by atomic mass is 15.0. The van der Waals surface area contributed by atoms with Crippen LogP contribution in [-0.4, -0.2) is 14.5 Å². The fourth-order valence-electron chi connectivity index (χ4n) is 5.99. The van der Waals surface area contributed by atoms with Crippen LogP contribution in [0.3, 0.4) is 0 Å². The smallest absolute Gasteiger partial charge is 0.0979 e. The molecule has 6 aromatic carbocycles. The maximum absolute atomic E-state index is 5.25. The lowest BCUT2D eigenvalue weighted by Crippen LogP contribution is -1.98. The molecule has 2 heterocycles. The molecule has 0 N–H and O–H groups in total. The number of benzene rings is 6. The van der Waals surface area contributed by atoms with E-state index in [1.165, 1.54) is 32.6 Å². The van der Waals surface area contributed by atoms with Crippen LogP contribution in [0.2, 0.25) is 0 Å². The van der Waals surface area contributed by atoms with Gasteiger partial charge in [0.1, 0.15) is 0 Å². The third-order valence-electron chi connectivity index (χ3n) is 7.70. The molecular formula is C35H23N3. The summed E-state index contributed by atoms with van der Waals surface area (Å²) in [5.74, 6) is 0. The van der Waals surface area contributed by atoms with Gasteiger partial charge in [-0.3, -0.25) is 0 Å². The molecule has 0 aliphatic carbocycles. The van der Waals surface area contributed by atoms with Gasteiger partial charge in [0.15, 0.2) is 0 Å². The third kappa shape index (κ3) is 2.96. The summed E-state index contributed by atoms with van der Waals surface area (Å²) in [4.78, 5) is 10.4. The first-order valence-corrected chi connectivity index (χ1v) is 12.9. The largest absolute Gasteiger partial charge is 0.309 e. The fraction of sp³-hybridized carbons (Fsp3) is 0.0286. The number of hydrogen-bond donors (Lipinski definition) is 0. The second-order valence-electron chi connectivity index (χ2n) is 9.86. The van der Waals surface area contributed by atoms with Gasteiger partial charge < -0.3 is 4.57 Å². The van der Waals surface area contributed by atoms with Crippen LogP contribution in [-0.2, 0) is 0 Å². The van der Waals surface area contributed by atoms with Gasteiger partial charge in [-0.2, -0.15) is 0 Å². The third-order valence-corrected chi connectivity index (χ3v) is 7.70. The lowest BCUT2D eigenvalue weighted by atomic mass is 9.99. The molecule has 0 aliphatic rings. The van der Waals surface area contributed by atoms with E-state index in [2.05, 4.69) is 133 Å². The van der Waals surface area contributed by atoms with Gasteiger partial charge in [0.2, 0.25) is 0 Å². The van der Waals surface area contributed by atoms with Crippen LogP contribution < -0.4 is 0 Å². The van der Waals surface area contributed by atoms with Gasteiger partial charge in [0.05, 0.1) is 33.5 Å². The Labute approximate surface area is 219 Å². The lowest BCUT2D eigenvalue weighted by Gasteiger charge is -2.13. The average molecular weight is 486 g/mol. The van der Waals surface area contributed by atoms with Crippen molar-refractivity contribution in [1.29, 1.82) is 0 Å². The summed E-state index contributed by atoms with van der Waals surface area (Å²) in [5.41, 5.74) is 8.39. The SMILES string of the molecule is Cc1nc2c3ccccc3c3ccccc3c2nc1-c1ccc(-n2c3ccccc3c3ccccc32)cc1. The van der Waals surface area contributed by atoms with Crippen molar-refractivity contribution in [2.45, 2.75) is 6.92 Å². The Hall–Kier alpha value is -5.02. The fourth-order valence-corrected chi connectivity index (χ4v) is 5.99. The summed E-state index contributed by atoms with van der Waals surface area (Å²) in [5, 5.41) is 7.24. The van der Waals surface area contributed by atoms with Gasteiger partial charge in [0, 0.05) is 32.8 Å². The molecule has 178 valence electrons. The van der Waals surface area contributed by atoms with E-state index in [-0.39, 0.29) is 0 Å². The van der Waals surface area contributed by atoms with E-state index in [9.17, 15) is 0 Å². The van der Waals surface area contributed by atoms with Crippen molar-refractivity contribution in [3.63, 3.8) is 0 Å². The van der Waals surface area contributed by atoms with E-state index in [1.54, 1.807) is 0 Å². The molecule has 8 aromatic rings. The van der Waals surface area contributed by atoms with E-state index in [1.807, 2.05) is 0 Å². The molecule has 38 heavy (non-hydrogen) atoms. The first-order chi connectivity index (χ1) is 18.8. The molecule has 3 nitrogen and oxygen atoms in total. The molecular weight excluding hydrogens is 462 g/mol. The van der Waals surface area contributed by atoms with E-state index >= 15 is 0 Å². The highest BCUT2D eigenvalue weighted by molar-refractivity contribution is 6.23. The van der Waals surface area contributed by atoms with Crippen molar-refractivity contribution in [3.05, 3.63) is 127 Å². The molecule has 2 aromatic heterocycles. The van der Waals surface area contributed by atoms with Gasteiger partial charge >= 0.3 is 0 Å². The Balaban J connectivity index is 1.33. The molecule has 0 spiro atoms.